The Morgan fingerprint density at radius 3 is 2.83 bits per heavy atom. The van der Waals surface area contributed by atoms with Crippen molar-refractivity contribution < 1.29 is 8.42 Å². The molecule has 9 nitrogen and oxygen atoms in total. The van der Waals surface area contributed by atoms with E-state index >= 15 is 0 Å². The number of fused-ring (bicyclic) bond motifs is 1. The minimum atomic E-state index is -3.79. The van der Waals surface area contributed by atoms with Gasteiger partial charge in [-0.15, -0.1) is 0 Å². The van der Waals surface area contributed by atoms with Gasteiger partial charge in [0.25, 0.3) is 5.56 Å². The van der Waals surface area contributed by atoms with E-state index in [0.29, 0.717) is 12.8 Å². The number of aromatic nitrogens is 3. The first-order valence-corrected chi connectivity index (χ1v) is 8.71. The molecular formula is C13H17N5O4S. The summed E-state index contributed by atoms with van der Waals surface area (Å²) in [6.45, 7) is 2.74. The van der Waals surface area contributed by atoms with Crippen LogP contribution in [-0.2, 0) is 10.0 Å². The topological polar surface area (TPSA) is 137 Å². The van der Waals surface area contributed by atoms with E-state index in [0.717, 1.165) is 12.7 Å². The SMILES string of the molecule is CC1CC(NS(=O)(=O)c2cnc3[nH]c(=O)[nH]c(=O)c3c2)CCN1. The minimum absolute atomic E-state index is 0.0196. The number of H-pyrrole nitrogens is 2. The van der Waals surface area contributed by atoms with E-state index in [9.17, 15) is 18.0 Å². The van der Waals surface area contributed by atoms with Crippen LogP contribution in [0.5, 0.6) is 0 Å². The quantitative estimate of drug-likeness (QED) is 0.568. The fourth-order valence-electron chi connectivity index (χ4n) is 2.70. The molecule has 0 radical (unpaired) electrons. The van der Waals surface area contributed by atoms with Gasteiger partial charge < -0.3 is 5.32 Å². The van der Waals surface area contributed by atoms with Gasteiger partial charge in [0, 0.05) is 18.3 Å². The van der Waals surface area contributed by atoms with E-state index in [2.05, 4.69) is 20.0 Å². The molecule has 0 bridgehead atoms. The predicted molar refractivity (Wildman–Crippen MR) is 83.8 cm³/mol. The van der Waals surface area contributed by atoms with Crippen LogP contribution in [0.25, 0.3) is 11.0 Å². The molecule has 0 spiro atoms. The number of pyridine rings is 1. The summed E-state index contributed by atoms with van der Waals surface area (Å²) in [7, 11) is -3.79. The average Bonchev–Trinajstić information content (AvgIpc) is 2.46. The van der Waals surface area contributed by atoms with E-state index in [1.165, 1.54) is 6.07 Å². The van der Waals surface area contributed by atoms with Crippen LogP contribution in [0.4, 0.5) is 0 Å². The van der Waals surface area contributed by atoms with Crippen molar-refractivity contribution in [3.05, 3.63) is 33.1 Å². The number of rotatable bonds is 3. The molecule has 10 heteroatoms. The molecule has 2 unspecified atom stereocenters. The lowest BCUT2D eigenvalue weighted by Gasteiger charge is -2.28. The van der Waals surface area contributed by atoms with Gasteiger partial charge in [-0.2, -0.15) is 0 Å². The van der Waals surface area contributed by atoms with Gasteiger partial charge >= 0.3 is 5.69 Å². The van der Waals surface area contributed by atoms with Crippen LogP contribution in [0.3, 0.4) is 0 Å². The van der Waals surface area contributed by atoms with Gasteiger partial charge in [-0.25, -0.2) is 22.9 Å². The molecule has 124 valence electrons. The second-order valence-corrected chi connectivity index (χ2v) is 7.39. The van der Waals surface area contributed by atoms with E-state index in [4.69, 9.17) is 0 Å². The lowest BCUT2D eigenvalue weighted by atomic mass is 10.0. The zero-order valence-corrected chi connectivity index (χ0v) is 13.2. The Kier molecular flexibility index (Phi) is 4.04. The minimum Gasteiger partial charge on any atom is -0.314 e. The molecule has 3 rings (SSSR count). The third-order valence-corrected chi connectivity index (χ3v) is 5.31. The van der Waals surface area contributed by atoms with E-state index in [-0.39, 0.29) is 28.0 Å². The summed E-state index contributed by atoms with van der Waals surface area (Å²) in [4.78, 5) is 31.1. The summed E-state index contributed by atoms with van der Waals surface area (Å²) in [6, 6.07) is 1.28. The van der Waals surface area contributed by atoms with Crippen molar-refractivity contribution in [2.24, 2.45) is 0 Å². The normalized spacial score (nSPS) is 22.3. The van der Waals surface area contributed by atoms with E-state index in [1.54, 1.807) is 0 Å². The number of sulfonamides is 1. The number of hydrogen-bond donors (Lipinski definition) is 4. The van der Waals surface area contributed by atoms with Crippen molar-refractivity contribution in [3.63, 3.8) is 0 Å². The Labute approximate surface area is 131 Å². The first kappa shape index (κ1) is 15.8. The Balaban J connectivity index is 1.95. The zero-order chi connectivity index (χ0) is 16.6. The van der Waals surface area contributed by atoms with Gasteiger partial charge in [-0.3, -0.25) is 14.8 Å². The second-order valence-electron chi connectivity index (χ2n) is 5.67. The number of nitrogens with zero attached hydrogens (tertiary/aromatic N) is 1. The lowest BCUT2D eigenvalue weighted by Crippen LogP contribution is -2.46. The molecular weight excluding hydrogens is 322 g/mol. The largest absolute Gasteiger partial charge is 0.327 e. The summed E-state index contributed by atoms with van der Waals surface area (Å²) >= 11 is 0. The summed E-state index contributed by atoms with van der Waals surface area (Å²) in [5.41, 5.74) is -1.32. The molecule has 2 aromatic heterocycles. The van der Waals surface area contributed by atoms with Crippen molar-refractivity contribution in [1.82, 2.24) is 25.0 Å². The zero-order valence-electron chi connectivity index (χ0n) is 12.4. The molecule has 2 aromatic rings. The van der Waals surface area contributed by atoms with Crippen molar-refractivity contribution >= 4 is 21.1 Å². The Morgan fingerprint density at radius 1 is 1.30 bits per heavy atom. The third-order valence-electron chi connectivity index (χ3n) is 3.82. The maximum absolute atomic E-state index is 12.5. The van der Waals surface area contributed by atoms with E-state index in [1.807, 2.05) is 11.9 Å². The van der Waals surface area contributed by atoms with Crippen molar-refractivity contribution in [3.8, 4) is 0 Å². The summed E-state index contributed by atoms with van der Waals surface area (Å²) in [6.07, 6.45) is 2.51. The van der Waals surface area contributed by atoms with Gasteiger partial charge in [-0.1, -0.05) is 0 Å². The second kappa shape index (κ2) is 5.87. The first-order valence-electron chi connectivity index (χ1n) is 7.23. The first-order chi connectivity index (χ1) is 10.8. The molecule has 1 fully saturated rings. The Hall–Kier alpha value is -2.04. The molecule has 2 atom stereocenters. The molecule has 0 aromatic carbocycles. The van der Waals surface area contributed by atoms with Gasteiger partial charge in [0.2, 0.25) is 10.0 Å². The molecule has 0 saturated carbocycles. The highest BCUT2D eigenvalue weighted by molar-refractivity contribution is 7.89. The summed E-state index contributed by atoms with van der Waals surface area (Å²) in [5, 5.41) is 3.27. The highest BCUT2D eigenvalue weighted by Gasteiger charge is 2.25. The van der Waals surface area contributed by atoms with Crippen molar-refractivity contribution in [2.75, 3.05) is 6.54 Å². The standard InChI is InChI=1S/C13H17N5O4S/c1-7-4-8(2-3-14-7)18-23(21,22)9-5-10-11(15-6-9)16-13(20)17-12(10)19/h5-8,14,18H,2-4H2,1H3,(H2,15,16,17,19,20). The molecule has 0 aliphatic carbocycles. The van der Waals surface area contributed by atoms with Crippen LogP contribution in [-0.4, -0.2) is 42.0 Å². The summed E-state index contributed by atoms with van der Waals surface area (Å²) in [5.74, 6) is 0. The molecule has 3 heterocycles. The van der Waals surface area contributed by atoms with E-state index < -0.39 is 21.3 Å². The summed E-state index contributed by atoms with van der Waals surface area (Å²) < 4.78 is 27.6. The third kappa shape index (κ3) is 3.33. The van der Waals surface area contributed by atoms with Crippen LogP contribution in [0.1, 0.15) is 19.8 Å². The number of hydrogen-bond acceptors (Lipinski definition) is 6. The van der Waals surface area contributed by atoms with Crippen molar-refractivity contribution in [2.45, 2.75) is 36.7 Å². The highest BCUT2D eigenvalue weighted by Crippen LogP contribution is 2.15. The lowest BCUT2D eigenvalue weighted by molar-refractivity contribution is 0.361. The van der Waals surface area contributed by atoms with Crippen LogP contribution in [0, 0.1) is 0 Å². The molecule has 1 aliphatic rings. The Morgan fingerprint density at radius 2 is 2.09 bits per heavy atom. The van der Waals surface area contributed by atoms with Gasteiger partial charge in [0.05, 0.1) is 5.39 Å². The van der Waals surface area contributed by atoms with Crippen molar-refractivity contribution in [1.29, 1.82) is 0 Å². The molecule has 1 aliphatic heterocycles. The van der Waals surface area contributed by atoms with Crippen LogP contribution < -0.4 is 21.3 Å². The molecule has 4 N–H and O–H groups in total. The van der Waals surface area contributed by atoms with Gasteiger partial charge in [0.1, 0.15) is 10.5 Å². The number of aromatic amines is 2. The van der Waals surface area contributed by atoms with Crippen LogP contribution >= 0.6 is 0 Å². The average molecular weight is 339 g/mol. The predicted octanol–water partition coefficient (Wildman–Crippen LogP) is -0.970. The fraction of sp³-hybridized carbons (Fsp3) is 0.462. The van der Waals surface area contributed by atoms with Crippen LogP contribution in [0.15, 0.2) is 26.7 Å². The van der Waals surface area contributed by atoms with Crippen LogP contribution in [0.2, 0.25) is 0 Å². The maximum atomic E-state index is 12.5. The molecule has 1 saturated heterocycles. The molecule has 23 heavy (non-hydrogen) atoms. The monoisotopic (exact) mass is 339 g/mol. The maximum Gasteiger partial charge on any atom is 0.327 e. The molecule has 0 amide bonds. The van der Waals surface area contributed by atoms with Gasteiger partial charge in [0.15, 0.2) is 0 Å². The fourth-order valence-corrected chi connectivity index (χ4v) is 3.95. The number of nitrogens with one attached hydrogen (secondary N) is 4. The smallest absolute Gasteiger partial charge is 0.314 e. The Bertz CT molecular complexity index is 949. The van der Waals surface area contributed by atoms with Gasteiger partial charge in [-0.05, 0) is 32.4 Å². The highest BCUT2D eigenvalue weighted by atomic mass is 32.2. The number of piperidine rings is 1.